The molecule has 0 radical (unpaired) electrons. The summed E-state index contributed by atoms with van der Waals surface area (Å²) in [6.45, 7) is 4.48. The van der Waals surface area contributed by atoms with Crippen molar-refractivity contribution in [2.45, 2.75) is 25.9 Å². The lowest BCUT2D eigenvalue weighted by Crippen LogP contribution is -2.44. The fourth-order valence-electron chi connectivity index (χ4n) is 2.23. The second-order valence-corrected chi connectivity index (χ2v) is 7.16. The van der Waals surface area contributed by atoms with E-state index < -0.39 is 5.60 Å². The molecule has 0 aromatic carbocycles. The van der Waals surface area contributed by atoms with Crippen molar-refractivity contribution in [1.82, 2.24) is 20.4 Å². The minimum absolute atomic E-state index is 0.129. The zero-order valence-corrected chi connectivity index (χ0v) is 14.6. The zero-order valence-electron chi connectivity index (χ0n) is 13.7. The van der Waals surface area contributed by atoms with Gasteiger partial charge >= 0.3 is 6.03 Å². The number of carbonyl (C=O) groups is 1. The minimum Gasteiger partial charge on any atom is -0.383 e. The second kappa shape index (κ2) is 7.61. The summed E-state index contributed by atoms with van der Waals surface area (Å²) in [6, 6.07) is 3.87. The first kappa shape index (κ1) is 17.5. The molecule has 126 valence electrons. The van der Waals surface area contributed by atoms with Gasteiger partial charge in [0.25, 0.3) is 0 Å². The number of aromatic nitrogens is 2. The number of thiophene rings is 1. The van der Waals surface area contributed by atoms with E-state index >= 15 is 0 Å². The summed E-state index contributed by atoms with van der Waals surface area (Å²) in [5, 5.41) is 22.1. The zero-order chi connectivity index (χ0) is 16.9. The van der Waals surface area contributed by atoms with Gasteiger partial charge in [-0.3, -0.25) is 4.68 Å². The first-order valence-corrected chi connectivity index (χ1v) is 8.50. The van der Waals surface area contributed by atoms with Crippen molar-refractivity contribution >= 4 is 17.4 Å². The van der Waals surface area contributed by atoms with Crippen molar-refractivity contribution < 1.29 is 9.90 Å². The van der Waals surface area contributed by atoms with Gasteiger partial charge < -0.3 is 15.7 Å². The molecule has 2 aromatic heterocycles. The van der Waals surface area contributed by atoms with Crippen LogP contribution in [0.1, 0.15) is 24.3 Å². The van der Waals surface area contributed by atoms with Crippen LogP contribution in [0.5, 0.6) is 0 Å². The summed E-state index contributed by atoms with van der Waals surface area (Å²) >= 11 is 1.73. The smallest absolute Gasteiger partial charge is 0.314 e. The van der Waals surface area contributed by atoms with E-state index in [0.29, 0.717) is 18.0 Å². The lowest BCUT2D eigenvalue weighted by Gasteiger charge is -2.22. The molecule has 0 aliphatic carbocycles. The topological polar surface area (TPSA) is 79.2 Å². The molecule has 2 heterocycles. The number of carbonyl (C=O) groups excluding carboxylic acids is 1. The van der Waals surface area contributed by atoms with Crippen molar-refractivity contribution in [3.63, 3.8) is 0 Å². The Labute approximate surface area is 140 Å². The molecule has 2 aromatic rings. The van der Waals surface area contributed by atoms with Crippen molar-refractivity contribution in [2.75, 3.05) is 13.1 Å². The number of aliphatic hydroxyl groups is 1. The molecule has 0 spiro atoms. The Morgan fingerprint density at radius 3 is 2.91 bits per heavy atom. The summed E-state index contributed by atoms with van der Waals surface area (Å²) in [5.74, 6) is 0.359. The lowest BCUT2D eigenvalue weighted by molar-refractivity contribution is 0.0593. The van der Waals surface area contributed by atoms with E-state index in [1.807, 2.05) is 6.07 Å². The van der Waals surface area contributed by atoms with E-state index in [1.165, 1.54) is 4.88 Å². The van der Waals surface area contributed by atoms with E-state index in [2.05, 4.69) is 34.1 Å². The Hall–Kier alpha value is -1.86. The molecule has 3 N–H and O–H groups in total. The standard InChI is InChI=1S/C16H24N4O2S/c1-12(7-14-5-4-6-23-14)8-17-15(21)18-11-16(2,22)13-9-19-20(3)10-13/h4-6,9-10,12,22H,7-8,11H2,1-3H3,(H2,17,18,21)/t12-,16-/m1/s1. The van der Waals surface area contributed by atoms with Gasteiger partial charge in [-0.25, -0.2) is 4.79 Å². The third-order valence-electron chi connectivity index (χ3n) is 3.66. The first-order chi connectivity index (χ1) is 10.9. The number of urea groups is 1. The van der Waals surface area contributed by atoms with Crippen LogP contribution >= 0.6 is 11.3 Å². The van der Waals surface area contributed by atoms with Crippen LogP contribution in [0.15, 0.2) is 29.9 Å². The van der Waals surface area contributed by atoms with Gasteiger partial charge in [-0.15, -0.1) is 11.3 Å². The highest BCUT2D eigenvalue weighted by atomic mass is 32.1. The minimum atomic E-state index is -1.14. The van der Waals surface area contributed by atoms with E-state index in [-0.39, 0.29) is 12.6 Å². The predicted octanol–water partition coefficient (Wildman–Crippen LogP) is 1.87. The maximum Gasteiger partial charge on any atom is 0.314 e. The Morgan fingerprint density at radius 2 is 2.30 bits per heavy atom. The monoisotopic (exact) mass is 336 g/mol. The number of hydrogen-bond donors (Lipinski definition) is 3. The summed E-state index contributed by atoms with van der Waals surface area (Å²) in [6.07, 6.45) is 4.29. The fourth-order valence-corrected chi connectivity index (χ4v) is 3.10. The third kappa shape index (κ3) is 5.37. The third-order valence-corrected chi connectivity index (χ3v) is 4.56. The molecule has 0 aliphatic heterocycles. The molecule has 23 heavy (non-hydrogen) atoms. The van der Waals surface area contributed by atoms with Crippen molar-refractivity contribution in [3.05, 3.63) is 40.3 Å². The fraction of sp³-hybridized carbons (Fsp3) is 0.500. The normalized spacial score (nSPS) is 15.0. The molecule has 0 saturated heterocycles. The predicted molar refractivity (Wildman–Crippen MR) is 91.4 cm³/mol. The largest absolute Gasteiger partial charge is 0.383 e. The van der Waals surface area contributed by atoms with Crippen molar-refractivity contribution in [2.24, 2.45) is 13.0 Å². The van der Waals surface area contributed by atoms with E-state index in [1.54, 1.807) is 42.4 Å². The Balaban J connectivity index is 1.72. The second-order valence-electron chi connectivity index (χ2n) is 6.13. The van der Waals surface area contributed by atoms with Gasteiger partial charge in [0.1, 0.15) is 5.60 Å². The average molecular weight is 336 g/mol. The van der Waals surface area contributed by atoms with Gasteiger partial charge in [-0.2, -0.15) is 5.10 Å². The number of hydrogen-bond acceptors (Lipinski definition) is 4. The van der Waals surface area contributed by atoms with Crippen LogP contribution in [0.3, 0.4) is 0 Å². The molecule has 2 rings (SSSR count). The quantitative estimate of drug-likeness (QED) is 0.722. The van der Waals surface area contributed by atoms with E-state index in [0.717, 1.165) is 6.42 Å². The number of aryl methyl sites for hydroxylation is 1. The number of nitrogens with zero attached hydrogens (tertiary/aromatic N) is 2. The summed E-state index contributed by atoms with van der Waals surface area (Å²) in [4.78, 5) is 13.2. The molecule has 0 aliphatic rings. The van der Waals surface area contributed by atoms with Crippen LogP contribution in [-0.2, 0) is 19.1 Å². The summed E-state index contributed by atoms with van der Waals surface area (Å²) in [5.41, 5.74) is -0.472. The molecule has 0 bridgehead atoms. The first-order valence-electron chi connectivity index (χ1n) is 7.62. The van der Waals surface area contributed by atoms with Crippen molar-refractivity contribution in [1.29, 1.82) is 0 Å². The molecule has 7 heteroatoms. The summed E-state index contributed by atoms with van der Waals surface area (Å²) < 4.78 is 1.62. The van der Waals surface area contributed by atoms with Gasteiger partial charge in [0.2, 0.25) is 0 Å². The van der Waals surface area contributed by atoms with Crippen LogP contribution in [0, 0.1) is 5.92 Å². The highest BCUT2D eigenvalue weighted by Gasteiger charge is 2.25. The number of nitrogens with one attached hydrogen (secondary N) is 2. The van der Waals surface area contributed by atoms with Crippen molar-refractivity contribution in [3.8, 4) is 0 Å². The molecule has 0 unspecified atom stereocenters. The number of rotatable bonds is 7. The van der Waals surface area contributed by atoms with Crippen LogP contribution in [0.4, 0.5) is 4.79 Å². The average Bonchev–Trinajstić information content (AvgIpc) is 3.15. The molecule has 2 amide bonds. The molecule has 6 nitrogen and oxygen atoms in total. The van der Waals surface area contributed by atoms with E-state index in [9.17, 15) is 9.90 Å². The van der Waals surface area contributed by atoms with Gasteiger partial charge in [0.15, 0.2) is 0 Å². The Bertz CT molecular complexity index is 622. The molecule has 0 saturated carbocycles. The highest BCUT2D eigenvalue weighted by molar-refractivity contribution is 7.09. The van der Waals surface area contributed by atoms with Crippen LogP contribution in [0.25, 0.3) is 0 Å². The van der Waals surface area contributed by atoms with E-state index in [4.69, 9.17) is 0 Å². The summed E-state index contributed by atoms with van der Waals surface area (Å²) in [7, 11) is 1.79. The maximum absolute atomic E-state index is 11.9. The van der Waals surface area contributed by atoms with Crippen LogP contribution in [-0.4, -0.2) is 34.0 Å². The van der Waals surface area contributed by atoms with Gasteiger partial charge in [-0.1, -0.05) is 13.0 Å². The molecule has 0 fully saturated rings. The van der Waals surface area contributed by atoms with Gasteiger partial charge in [0, 0.05) is 30.2 Å². The maximum atomic E-state index is 11.9. The Morgan fingerprint density at radius 1 is 1.52 bits per heavy atom. The highest BCUT2D eigenvalue weighted by Crippen LogP contribution is 2.18. The van der Waals surface area contributed by atoms with Gasteiger partial charge in [-0.05, 0) is 30.7 Å². The SMILES string of the molecule is C[C@@H](CNC(=O)NC[C@@](C)(O)c1cnn(C)c1)Cc1cccs1. The Kier molecular flexibility index (Phi) is 5.79. The number of amides is 2. The van der Waals surface area contributed by atoms with Crippen LogP contribution in [0.2, 0.25) is 0 Å². The lowest BCUT2D eigenvalue weighted by atomic mass is 10.00. The molecular formula is C16H24N4O2S. The molecule has 2 atom stereocenters. The van der Waals surface area contributed by atoms with Gasteiger partial charge in [0.05, 0.1) is 12.7 Å². The van der Waals surface area contributed by atoms with Crippen LogP contribution < -0.4 is 10.6 Å². The molecular weight excluding hydrogens is 312 g/mol.